The van der Waals surface area contributed by atoms with Crippen LogP contribution in [0.2, 0.25) is 0 Å². The van der Waals surface area contributed by atoms with Crippen LogP contribution in [0.25, 0.3) is 0 Å². The third-order valence-electron chi connectivity index (χ3n) is 1.98. The topological polar surface area (TPSA) is 62.8 Å². The lowest BCUT2D eigenvalue weighted by molar-refractivity contribution is 0.0989. The minimum absolute atomic E-state index is 0.114. The number of carbonyl (C=O) groups excluding carboxylic acids is 2. The fourth-order valence-corrected chi connectivity index (χ4v) is 2.28. The molecule has 0 bridgehead atoms. The van der Waals surface area contributed by atoms with Crippen LogP contribution in [0, 0.1) is 0 Å². The molecule has 15 heavy (non-hydrogen) atoms. The van der Waals surface area contributed by atoms with Crippen molar-refractivity contribution < 1.29 is 9.59 Å². The van der Waals surface area contributed by atoms with Gasteiger partial charge in [-0.1, -0.05) is 13.8 Å². The van der Waals surface area contributed by atoms with Gasteiger partial charge < -0.3 is 0 Å². The van der Waals surface area contributed by atoms with E-state index in [1.165, 1.54) is 24.0 Å². The van der Waals surface area contributed by atoms with Gasteiger partial charge in [0.1, 0.15) is 5.69 Å². The molecule has 1 aromatic rings. The van der Waals surface area contributed by atoms with Crippen LogP contribution in [-0.4, -0.2) is 27.0 Å². The molecule has 0 aromatic carbocycles. The van der Waals surface area contributed by atoms with E-state index >= 15 is 0 Å². The third-order valence-corrected chi connectivity index (χ3v) is 3.01. The highest BCUT2D eigenvalue weighted by Crippen LogP contribution is 2.29. The van der Waals surface area contributed by atoms with Crippen molar-refractivity contribution in [2.24, 2.45) is 0 Å². The maximum Gasteiger partial charge on any atom is 0.205 e. The van der Waals surface area contributed by atoms with Crippen molar-refractivity contribution in [3.63, 3.8) is 0 Å². The Kier molecular flexibility index (Phi) is 2.48. The molecule has 0 aliphatic heterocycles. The van der Waals surface area contributed by atoms with E-state index in [2.05, 4.69) is 10.2 Å². The predicted molar refractivity (Wildman–Crippen MR) is 58.1 cm³/mol. The molecule has 5 heteroatoms. The molecule has 1 aliphatic rings. The fourth-order valence-electron chi connectivity index (χ4n) is 1.38. The van der Waals surface area contributed by atoms with Gasteiger partial charge in [0.2, 0.25) is 11.6 Å². The average Bonchev–Trinajstić information content (AvgIpc) is 2.61. The Labute approximate surface area is 91.1 Å². The van der Waals surface area contributed by atoms with E-state index in [1.54, 1.807) is 0 Å². The van der Waals surface area contributed by atoms with Crippen molar-refractivity contribution in [3.8, 4) is 0 Å². The zero-order valence-electron chi connectivity index (χ0n) is 8.40. The second kappa shape index (κ2) is 3.66. The van der Waals surface area contributed by atoms with E-state index in [0.717, 1.165) is 0 Å². The summed E-state index contributed by atoms with van der Waals surface area (Å²) in [5.41, 5.74) is 0.679. The number of aromatic amines is 1. The van der Waals surface area contributed by atoms with Gasteiger partial charge in [0.05, 0.1) is 16.7 Å². The van der Waals surface area contributed by atoms with Crippen molar-refractivity contribution in [3.05, 3.63) is 28.4 Å². The summed E-state index contributed by atoms with van der Waals surface area (Å²) < 4.78 is 0. The number of Topliss-reactive ketones (excluding diaryl/α,β-unsaturated/α-hetero) is 1. The van der Waals surface area contributed by atoms with Gasteiger partial charge in [0.15, 0.2) is 0 Å². The largest absolute Gasteiger partial charge is 0.288 e. The molecular weight excluding hydrogens is 212 g/mol. The Morgan fingerprint density at radius 1 is 1.40 bits per heavy atom. The zero-order valence-corrected chi connectivity index (χ0v) is 9.22. The summed E-state index contributed by atoms with van der Waals surface area (Å²) in [6, 6.07) is 0. The normalized spacial score (nSPS) is 15.5. The Morgan fingerprint density at radius 3 is 2.80 bits per heavy atom. The Hall–Kier alpha value is -1.36. The van der Waals surface area contributed by atoms with E-state index in [9.17, 15) is 9.59 Å². The number of allylic oxidation sites excluding steroid dienone is 2. The molecule has 2 rings (SSSR count). The average molecular weight is 222 g/mol. The first-order valence-corrected chi connectivity index (χ1v) is 5.48. The van der Waals surface area contributed by atoms with Crippen molar-refractivity contribution in [2.45, 2.75) is 19.1 Å². The van der Waals surface area contributed by atoms with Crippen molar-refractivity contribution in [1.82, 2.24) is 10.2 Å². The van der Waals surface area contributed by atoms with Gasteiger partial charge in [-0.3, -0.25) is 14.7 Å². The molecule has 0 saturated carbocycles. The lowest BCUT2D eigenvalue weighted by atomic mass is 10.0. The molecule has 0 spiro atoms. The second-order valence-electron chi connectivity index (χ2n) is 3.53. The number of rotatable bonds is 2. The van der Waals surface area contributed by atoms with Gasteiger partial charge in [-0.15, -0.1) is 11.8 Å². The molecule has 78 valence electrons. The summed E-state index contributed by atoms with van der Waals surface area (Å²) in [6.07, 6.45) is 2.79. The van der Waals surface area contributed by atoms with Crippen LogP contribution >= 0.6 is 11.8 Å². The van der Waals surface area contributed by atoms with E-state index in [4.69, 9.17) is 0 Å². The summed E-state index contributed by atoms with van der Waals surface area (Å²) >= 11 is 1.40. The molecule has 0 atom stereocenters. The first-order valence-electron chi connectivity index (χ1n) is 4.60. The summed E-state index contributed by atoms with van der Waals surface area (Å²) in [5.74, 6) is -0.290. The number of aromatic nitrogens is 2. The molecule has 1 heterocycles. The molecule has 1 aromatic heterocycles. The van der Waals surface area contributed by atoms with E-state index < -0.39 is 0 Å². The number of hydrogen-bond donors (Lipinski definition) is 1. The smallest absolute Gasteiger partial charge is 0.205 e. The number of nitrogens with zero attached hydrogens (tertiary/aromatic N) is 1. The van der Waals surface area contributed by atoms with E-state index in [1.807, 2.05) is 13.8 Å². The fraction of sp³-hybridized carbons (Fsp3) is 0.300. The molecule has 0 unspecified atom stereocenters. The monoisotopic (exact) mass is 222 g/mol. The van der Waals surface area contributed by atoms with E-state index in [-0.39, 0.29) is 16.8 Å². The Balaban J connectivity index is 2.38. The van der Waals surface area contributed by atoms with Gasteiger partial charge in [0, 0.05) is 11.3 Å². The van der Waals surface area contributed by atoms with Crippen LogP contribution in [-0.2, 0) is 0 Å². The summed E-state index contributed by atoms with van der Waals surface area (Å²) in [7, 11) is 0. The third kappa shape index (κ3) is 1.74. The van der Waals surface area contributed by atoms with Gasteiger partial charge in [0.25, 0.3) is 0 Å². The SMILES string of the molecule is CC(C)SC1=CC(=O)c2[nH]ncc2C1=O. The van der Waals surface area contributed by atoms with Gasteiger partial charge in [-0.05, 0) is 0 Å². The van der Waals surface area contributed by atoms with E-state index in [0.29, 0.717) is 16.2 Å². The van der Waals surface area contributed by atoms with Crippen molar-refractivity contribution in [1.29, 1.82) is 0 Å². The predicted octanol–water partition coefficient (Wildman–Crippen LogP) is 1.81. The lowest BCUT2D eigenvalue weighted by Crippen LogP contribution is -2.15. The number of thioether (sulfide) groups is 1. The van der Waals surface area contributed by atoms with Crippen LogP contribution in [0.3, 0.4) is 0 Å². The minimum atomic E-state index is -0.176. The van der Waals surface area contributed by atoms with Crippen LogP contribution < -0.4 is 0 Å². The Bertz CT molecular complexity index is 460. The Morgan fingerprint density at radius 2 is 2.13 bits per heavy atom. The molecule has 1 N–H and O–H groups in total. The molecule has 4 nitrogen and oxygen atoms in total. The first kappa shape index (κ1) is 10.2. The molecule has 0 fully saturated rings. The van der Waals surface area contributed by atoms with Gasteiger partial charge in [-0.25, -0.2) is 0 Å². The summed E-state index contributed by atoms with van der Waals surface area (Å²) in [5, 5.41) is 6.53. The number of nitrogens with one attached hydrogen (secondary N) is 1. The highest BCUT2D eigenvalue weighted by atomic mass is 32.2. The zero-order chi connectivity index (χ0) is 11.0. The molecular formula is C10H10N2O2S. The highest BCUT2D eigenvalue weighted by Gasteiger charge is 2.27. The summed E-state index contributed by atoms with van der Waals surface area (Å²) in [4.78, 5) is 23.9. The van der Waals surface area contributed by atoms with Gasteiger partial charge in [-0.2, -0.15) is 5.10 Å². The maximum atomic E-state index is 11.9. The molecule has 0 saturated heterocycles. The van der Waals surface area contributed by atoms with Crippen molar-refractivity contribution in [2.75, 3.05) is 0 Å². The highest BCUT2D eigenvalue weighted by molar-refractivity contribution is 8.04. The van der Waals surface area contributed by atoms with Crippen LogP contribution in [0.1, 0.15) is 34.7 Å². The molecule has 0 amide bonds. The first-order chi connectivity index (χ1) is 7.09. The number of fused-ring (bicyclic) bond motifs is 1. The molecule has 1 aliphatic carbocycles. The van der Waals surface area contributed by atoms with Gasteiger partial charge >= 0.3 is 0 Å². The second-order valence-corrected chi connectivity index (χ2v) is 5.15. The standard InChI is InChI=1S/C10H10N2O2S/c1-5(2)15-8-3-7(13)9-6(10(8)14)4-11-12-9/h3-5H,1-2H3,(H,11,12). The number of ketones is 2. The summed E-state index contributed by atoms with van der Waals surface area (Å²) in [6.45, 7) is 3.96. The van der Waals surface area contributed by atoms with Crippen LogP contribution in [0.5, 0.6) is 0 Å². The maximum absolute atomic E-state index is 11.9. The molecule has 0 radical (unpaired) electrons. The number of carbonyl (C=O) groups is 2. The lowest BCUT2D eigenvalue weighted by Gasteiger charge is -2.12. The van der Waals surface area contributed by atoms with Crippen LogP contribution in [0.4, 0.5) is 0 Å². The minimum Gasteiger partial charge on any atom is -0.288 e. The van der Waals surface area contributed by atoms with Crippen molar-refractivity contribution >= 4 is 23.3 Å². The quantitative estimate of drug-likeness (QED) is 0.829. The van der Waals surface area contributed by atoms with Crippen LogP contribution in [0.15, 0.2) is 17.2 Å². The number of hydrogen-bond acceptors (Lipinski definition) is 4. The number of H-pyrrole nitrogens is 1.